The summed E-state index contributed by atoms with van der Waals surface area (Å²) < 4.78 is 10.8. The molecule has 0 saturated heterocycles. The summed E-state index contributed by atoms with van der Waals surface area (Å²) >= 11 is 0. The van der Waals surface area contributed by atoms with Gasteiger partial charge in [0.2, 0.25) is 0 Å². The van der Waals surface area contributed by atoms with E-state index in [0.717, 1.165) is 5.56 Å². The van der Waals surface area contributed by atoms with Gasteiger partial charge in [0.05, 0.1) is 24.7 Å². The fraction of sp³-hybridized carbons (Fsp3) is 0.364. The maximum atomic E-state index is 13.2. The lowest BCUT2D eigenvalue weighted by molar-refractivity contribution is -0.143. The molecule has 0 aromatic heterocycles. The fourth-order valence-electron chi connectivity index (χ4n) is 2.69. The molecule has 0 atom stereocenters. The highest BCUT2D eigenvalue weighted by Crippen LogP contribution is 2.22. The Kier molecular flexibility index (Phi) is 7.86. The Hall–Kier alpha value is -2.82. The largest absolute Gasteiger partial charge is 0.490 e. The summed E-state index contributed by atoms with van der Waals surface area (Å²) in [5.41, 5.74) is 1.49. The molecule has 0 radical (unpaired) electrons. The van der Waals surface area contributed by atoms with Crippen LogP contribution in [0.2, 0.25) is 0 Å². The third-order valence-corrected chi connectivity index (χ3v) is 3.87. The average Bonchev–Trinajstić information content (AvgIpc) is 2.65. The van der Waals surface area contributed by atoms with E-state index in [2.05, 4.69) is 0 Å². The van der Waals surface area contributed by atoms with Crippen LogP contribution in [-0.4, -0.2) is 36.0 Å². The van der Waals surface area contributed by atoms with Gasteiger partial charge in [0.1, 0.15) is 5.75 Å². The quantitative estimate of drug-likeness (QED) is 0.625. The minimum atomic E-state index is -0.310. The summed E-state index contributed by atoms with van der Waals surface area (Å²) in [4.78, 5) is 26.7. The summed E-state index contributed by atoms with van der Waals surface area (Å²) in [6.45, 7) is 6.63. The number of carbonyl (C=O) groups is 2. The Labute approximate surface area is 160 Å². The first-order chi connectivity index (χ1) is 13.0. The van der Waals surface area contributed by atoms with Crippen LogP contribution >= 0.6 is 0 Å². The molecule has 0 spiro atoms. The van der Waals surface area contributed by atoms with Crippen molar-refractivity contribution in [3.05, 3.63) is 65.7 Å². The Morgan fingerprint density at radius 2 is 1.67 bits per heavy atom. The van der Waals surface area contributed by atoms with Gasteiger partial charge in [-0.15, -0.1) is 0 Å². The van der Waals surface area contributed by atoms with Crippen molar-refractivity contribution in [2.75, 3.05) is 13.2 Å². The van der Waals surface area contributed by atoms with Gasteiger partial charge < -0.3 is 14.4 Å². The fourth-order valence-corrected chi connectivity index (χ4v) is 2.69. The van der Waals surface area contributed by atoms with E-state index in [1.54, 1.807) is 24.0 Å². The molecule has 0 heterocycles. The third kappa shape index (κ3) is 6.44. The highest BCUT2D eigenvalue weighted by molar-refractivity contribution is 5.97. The average molecular weight is 369 g/mol. The summed E-state index contributed by atoms with van der Waals surface area (Å²) in [7, 11) is 0. The highest BCUT2D eigenvalue weighted by Gasteiger charge is 2.21. The Morgan fingerprint density at radius 3 is 2.33 bits per heavy atom. The Bertz CT molecular complexity index is 743. The maximum absolute atomic E-state index is 13.2. The number of amides is 1. The number of carbonyl (C=O) groups excluding carboxylic acids is 2. The number of hydrogen-bond donors (Lipinski definition) is 0. The normalized spacial score (nSPS) is 10.5. The standard InChI is InChI=1S/C22H27NO4/c1-4-26-21(24)14-15-23(16-18-10-6-5-7-11-18)22(25)19-12-8-9-13-20(19)27-17(2)3/h5-13,17H,4,14-16H2,1-3H3. The molecule has 0 aliphatic rings. The SMILES string of the molecule is CCOC(=O)CCN(Cc1ccccc1)C(=O)c1ccccc1OC(C)C. The monoisotopic (exact) mass is 369 g/mol. The molecule has 0 N–H and O–H groups in total. The second-order valence-electron chi connectivity index (χ2n) is 6.43. The van der Waals surface area contributed by atoms with E-state index in [9.17, 15) is 9.59 Å². The summed E-state index contributed by atoms with van der Waals surface area (Å²) in [6.07, 6.45) is 0.112. The summed E-state index contributed by atoms with van der Waals surface area (Å²) in [5.74, 6) is 0.0705. The van der Waals surface area contributed by atoms with Crippen LogP contribution in [0.25, 0.3) is 0 Å². The predicted octanol–water partition coefficient (Wildman–Crippen LogP) is 4.07. The minimum absolute atomic E-state index is 0.0407. The van der Waals surface area contributed by atoms with E-state index in [-0.39, 0.29) is 30.9 Å². The van der Waals surface area contributed by atoms with Crippen LogP contribution in [-0.2, 0) is 16.1 Å². The number of hydrogen-bond acceptors (Lipinski definition) is 4. The molecule has 0 aliphatic carbocycles. The lowest BCUT2D eigenvalue weighted by Crippen LogP contribution is -2.33. The van der Waals surface area contributed by atoms with Crippen molar-refractivity contribution < 1.29 is 19.1 Å². The maximum Gasteiger partial charge on any atom is 0.307 e. The molecule has 2 rings (SSSR count). The van der Waals surface area contributed by atoms with Crippen molar-refractivity contribution in [2.24, 2.45) is 0 Å². The van der Waals surface area contributed by atoms with Crippen molar-refractivity contribution in [3.63, 3.8) is 0 Å². The lowest BCUT2D eigenvalue weighted by atomic mass is 10.1. The lowest BCUT2D eigenvalue weighted by Gasteiger charge is -2.24. The van der Waals surface area contributed by atoms with Gasteiger partial charge in [0.15, 0.2) is 0 Å². The molecule has 2 aromatic rings. The van der Waals surface area contributed by atoms with Crippen molar-refractivity contribution in [3.8, 4) is 5.75 Å². The van der Waals surface area contributed by atoms with E-state index in [0.29, 0.717) is 24.5 Å². The van der Waals surface area contributed by atoms with E-state index < -0.39 is 0 Å². The van der Waals surface area contributed by atoms with E-state index >= 15 is 0 Å². The molecular weight excluding hydrogens is 342 g/mol. The van der Waals surface area contributed by atoms with Gasteiger partial charge in [-0.05, 0) is 38.5 Å². The molecule has 0 saturated carbocycles. The number of para-hydroxylation sites is 1. The molecule has 0 unspecified atom stereocenters. The molecule has 5 heteroatoms. The molecule has 0 bridgehead atoms. The molecule has 0 fully saturated rings. The second-order valence-corrected chi connectivity index (χ2v) is 6.43. The molecule has 144 valence electrons. The number of rotatable bonds is 9. The van der Waals surface area contributed by atoms with Crippen molar-refractivity contribution in [1.29, 1.82) is 0 Å². The first-order valence-corrected chi connectivity index (χ1v) is 9.25. The third-order valence-electron chi connectivity index (χ3n) is 3.87. The van der Waals surface area contributed by atoms with Crippen LogP contribution < -0.4 is 4.74 Å². The number of benzene rings is 2. The van der Waals surface area contributed by atoms with Crippen LogP contribution in [0.5, 0.6) is 5.75 Å². The topological polar surface area (TPSA) is 55.8 Å². The van der Waals surface area contributed by atoms with Gasteiger partial charge in [0.25, 0.3) is 5.91 Å². The van der Waals surface area contributed by atoms with Crippen molar-refractivity contribution in [1.82, 2.24) is 4.90 Å². The Morgan fingerprint density at radius 1 is 1.00 bits per heavy atom. The minimum Gasteiger partial charge on any atom is -0.490 e. The molecule has 2 aromatic carbocycles. The van der Waals surface area contributed by atoms with Crippen LogP contribution in [0, 0.1) is 0 Å². The summed E-state index contributed by atoms with van der Waals surface area (Å²) in [5, 5.41) is 0. The van der Waals surface area contributed by atoms with Gasteiger partial charge in [-0.25, -0.2) is 0 Å². The van der Waals surface area contributed by atoms with Gasteiger partial charge >= 0.3 is 5.97 Å². The van der Waals surface area contributed by atoms with E-state index in [1.807, 2.05) is 56.3 Å². The van der Waals surface area contributed by atoms with Crippen molar-refractivity contribution in [2.45, 2.75) is 39.8 Å². The Balaban J connectivity index is 2.23. The van der Waals surface area contributed by atoms with E-state index in [4.69, 9.17) is 9.47 Å². The zero-order valence-electron chi connectivity index (χ0n) is 16.2. The molecule has 27 heavy (non-hydrogen) atoms. The van der Waals surface area contributed by atoms with E-state index in [1.165, 1.54) is 0 Å². The molecule has 0 aliphatic heterocycles. The van der Waals surface area contributed by atoms with Gasteiger partial charge in [-0.2, -0.15) is 0 Å². The zero-order chi connectivity index (χ0) is 19.6. The van der Waals surface area contributed by atoms with Gasteiger partial charge in [-0.1, -0.05) is 42.5 Å². The predicted molar refractivity (Wildman–Crippen MR) is 105 cm³/mol. The van der Waals surface area contributed by atoms with Gasteiger partial charge in [-0.3, -0.25) is 9.59 Å². The van der Waals surface area contributed by atoms with Crippen LogP contribution in [0.15, 0.2) is 54.6 Å². The molecular formula is C22H27NO4. The van der Waals surface area contributed by atoms with Crippen LogP contribution in [0.1, 0.15) is 43.1 Å². The first kappa shape index (κ1) is 20.5. The number of esters is 1. The number of ether oxygens (including phenoxy) is 2. The van der Waals surface area contributed by atoms with Gasteiger partial charge in [0, 0.05) is 13.1 Å². The van der Waals surface area contributed by atoms with Crippen LogP contribution in [0.4, 0.5) is 0 Å². The second kappa shape index (κ2) is 10.4. The number of nitrogens with zero attached hydrogens (tertiary/aromatic N) is 1. The highest BCUT2D eigenvalue weighted by atomic mass is 16.5. The molecule has 1 amide bonds. The zero-order valence-corrected chi connectivity index (χ0v) is 16.2. The van der Waals surface area contributed by atoms with Crippen molar-refractivity contribution >= 4 is 11.9 Å². The van der Waals surface area contributed by atoms with Crippen LogP contribution in [0.3, 0.4) is 0 Å². The molecule has 5 nitrogen and oxygen atoms in total. The first-order valence-electron chi connectivity index (χ1n) is 9.25. The smallest absolute Gasteiger partial charge is 0.307 e. The summed E-state index contributed by atoms with van der Waals surface area (Å²) in [6, 6.07) is 16.9.